The molecule has 1 N–H and O–H groups in total. The Labute approximate surface area is 135 Å². The first-order valence-electron chi connectivity index (χ1n) is 7.27. The summed E-state index contributed by atoms with van der Waals surface area (Å²) in [5.74, 6) is 0.00617. The van der Waals surface area contributed by atoms with Crippen LogP contribution in [0.3, 0.4) is 0 Å². The SMILES string of the molecule is CC(C)(C)C(Cn1ccnc1)NC(=O)CCn1cc(Cl)cn1. The number of carbonyl (C=O) groups excluding carboxylic acids is 1. The number of hydrogen-bond donors (Lipinski definition) is 1. The van der Waals surface area contributed by atoms with Crippen LogP contribution >= 0.6 is 11.6 Å². The van der Waals surface area contributed by atoms with E-state index in [4.69, 9.17) is 11.6 Å². The van der Waals surface area contributed by atoms with Gasteiger partial charge in [-0.1, -0.05) is 32.4 Å². The van der Waals surface area contributed by atoms with Crippen LogP contribution in [-0.2, 0) is 17.9 Å². The Hall–Kier alpha value is -1.82. The van der Waals surface area contributed by atoms with Crippen LogP contribution < -0.4 is 5.32 Å². The first kappa shape index (κ1) is 16.5. The van der Waals surface area contributed by atoms with E-state index in [1.54, 1.807) is 29.6 Å². The Morgan fingerprint density at radius 3 is 2.77 bits per heavy atom. The lowest BCUT2D eigenvalue weighted by Crippen LogP contribution is -2.46. The molecule has 0 radical (unpaired) electrons. The zero-order valence-corrected chi connectivity index (χ0v) is 13.9. The van der Waals surface area contributed by atoms with E-state index in [0.717, 1.165) is 0 Å². The number of amides is 1. The maximum Gasteiger partial charge on any atom is 0.222 e. The molecule has 2 aromatic rings. The summed E-state index contributed by atoms with van der Waals surface area (Å²) < 4.78 is 3.65. The van der Waals surface area contributed by atoms with Gasteiger partial charge in [0.2, 0.25) is 5.91 Å². The van der Waals surface area contributed by atoms with Gasteiger partial charge in [0.25, 0.3) is 0 Å². The van der Waals surface area contributed by atoms with Crippen LogP contribution in [0.1, 0.15) is 27.2 Å². The molecule has 0 aromatic carbocycles. The average Bonchev–Trinajstić information content (AvgIpc) is 3.06. The van der Waals surface area contributed by atoms with Crippen LogP contribution in [0.5, 0.6) is 0 Å². The van der Waals surface area contributed by atoms with Crippen LogP contribution in [-0.4, -0.2) is 31.3 Å². The number of carbonyl (C=O) groups is 1. The fraction of sp³-hybridized carbons (Fsp3) is 0.533. The number of aryl methyl sites for hydroxylation is 1. The predicted molar refractivity (Wildman–Crippen MR) is 85.5 cm³/mol. The Balaban J connectivity index is 1.90. The zero-order chi connectivity index (χ0) is 16.2. The standard InChI is InChI=1S/C15H22ClN5O/c1-15(2,3)13(10-20-7-5-17-11-20)19-14(22)4-6-21-9-12(16)8-18-21/h5,7-9,11,13H,4,6,10H2,1-3H3,(H,19,22). The molecule has 0 fully saturated rings. The van der Waals surface area contributed by atoms with Gasteiger partial charge in [0, 0.05) is 38.1 Å². The molecular weight excluding hydrogens is 302 g/mol. The lowest BCUT2D eigenvalue weighted by Gasteiger charge is -2.31. The molecule has 0 spiro atoms. The van der Waals surface area contributed by atoms with Crippen molar-refractivity contribution in [2.24, 2.45) is 5.41 Å². The minimum Gasteiger partial charge on any atom is -0.351 e. The zero-order valence-electron chi connectivity index (χ0n) is 13.2. The summed E-state index contributed by atoms with van der Waals surface area (Å²) in [7, 11) is 0. The van der Waals surface area contributed by atoms with Gasteiger partial charge >= 0.3 is 0 Å². The minimum absolute atomic E-state index is 0.00617. The van der Waals surface area contributed by atoms with Crippen molar-refractivity contribution < 1.29 is 4.79 Å². The highest BCUT2D eigenvalue weighted by Crippen LogP contribution is 2.21. The van der Waals surface area contributed by atoms with Crippen LogP contribution in [0.4, 0.5) is 0 Å². The fourth-order valence-electron chi connectivity index (χ4n) is 2.08. The second kappa shape index (κ2) is 6.96. The monoisotopic (exact) mass is 323 g/mol. The largest absolute Gasteiger partial charge is 0.351 e. The number of nitrogens with one attached hydrogen (secondary N) is 1. The molecule has 0 aliphatic carbocycles. The van der Waals surface area contributed by atoms with Crippen LogP contribution in [0.2, 0.25) is 5.02 Å². The predicted octanol–water partition coefficient (Wildman–Crippen LogP) is 2.35. The molecule has 120 valence electrons. The van der Waals surface area contributed by atoms with Gasteiger partial charge in [-0.05, 0) is 5.41 Å². The highest BCUT2D eigenvalue weighted by Gasteiger charge is 2.26. The molecule has 0 saturated heterocycles. The first-order valence-corrected chi connectivity index (χ1v) is 7.65. The summed E-state index contributed by atoms with van der Waals surface area (Å²) >= 11 is 5.81. The molecular formula is C15H22ClN5O. The Morgan fingerprint density at radius 2 is 2.23 bits per heavy atom. The van der Waals surface area contributed by atoms with E-state index in [9.17, 15) is 4.79 Å². The van der Waals surface area contributed by atoms with E-state index in [1.807, 2.05) is 10.8 Å². The summed E-state index contributed by atoms with van der Waals surface area (Å²) in [5, 5.41) is 7.76. The van der Waals surface area contributed by atoms with E-state index in [-0.39, 0.29) is 17.4 Å². The number of nitrogens with zero attached hydrogens (tertiary/aromatic N) is 4. The molecule has 0 aliphatic heterocycles. The van der Waals surface area contributed by atoms with Crippen molar-refractivity contribution in [1.82, 2.24) is 24.6 Å². The molecule has 6 nitrogen and oxygen atoms in total. The summed E-state index contributed by atoms with van der Waals surface area (Å²) in [6.45, 7) is 7.55. The van der Waals surface area contributed by atoms with Gasteiger partial charge in [0.05, 0.1) is 23.6 Å². The molecule has 1 atom stereocenters. The van der Waals surface area contributed by atoms with E-state index in [2.05, 4.69) is 36.2 Å². The van der Waals surface area contributed by atoms with Gasteiger partial charge < -0.3 is 9.88 Å². The third-order valence-electron chi connectivity index (χ3n) is 3.50. The fourth-order valence-corrected chi connectivity index (χ4v) is 2.24. The molecule has 0 saturated carbocycles. The normalized spacial score (nSPS) is 13.1. The van der Waals surface area contributed by atoms with Crippen LogP contribution in [0.25, 0.3) is 0 Å². The summed E-state index contributed by atoms with van der Waals surface area (Å²) in [6, 6.07) is 0.0235. The average molecular weight is 324 g/mol. The Morgan fingerprint density at radius 1 is 1.45 bits per heavy atom. The quantitative estimate of drug-likeness (QED) is 0.887. The van der Waals surface area contributed by atoms with Gasteiger partial charge in [-0.3, -0.25) is 9.48 Å². The molecule has 0 bridgehead atoms. The topological polar surface area (TPSA) is 64.7 Å². The van der Waals surface area contributed by atoms with Gasteiger partial charge in [0.15, 0.2) is 0 Å². The number of rotatable bonds is 6. The smallest absolute Gasteiger partial charge is 0.222 e. The van der Waals surface area contributed by atoms with Crippen molar-refractivity contribution >= 4 is 17.5 Å². The molecule has 2 heterocycles. The second-order valence-corrected chi connectivity index (χ2v) is 6.85. The molecule has 2 aromatic heterocycles. The van der Waals surface area contributed by atoms with E-state index >= 15 is 0 Å². The van der Waals surface area contributed by atoms with Gasteiger partial charge in [0.1, 0.15) is 0 Å². The maximum atomic E-state index is 12.2. The van der Waals surface area contributed by atoms with E-state index in [1.165, 1.54) is 0 Å². The second-order valence-electron chi connectivity index (χ2n) is 6.42. The van der Waals surface area contributed by atoms with E-state index < -0.39 is 0 Å². The summed E-state index contributed by atoms with van der Waals surface area (Å²) in [6.07, 6.45) is 9.04. The summed E-state index contributed by atoms with van der Waals surface area (Å²) in [4.78, 5) is 16.2. The lowest BCUT2D eigenvalue weighted by molar-refractivity contribution is -0.123. The van der Waals surface area contributed by atoms with Crippen molar-refractivity contribution in [3.63, 3.8) is 0 Å². The molecule has 1 unspecified atom stereocenters. The molecule has 7 heteroatoms. The Kier molecular flexibility index (Phi) is 5.24. The van der Waals surface area contributed by atoms with Crippen LogP contribution in [0, 0.1) is 5.41 Å². The third-order valence-corrected chi connectivity index (χ3v) is 3.70. The van der Waals surface area contributed by atoms with Gasteiger partial charge in [-0.2, -0.15) is 5.10 Å². The minimum atomic E-state index is -0.0467. The Bertz CT molecular complexity index is 600. The third kappa shape index (κ3) is 4.87. The van der Waals surface area contributed by atoms with Crippen molar-refractivity contribution in [3.8, 4) is 0 Å². The van der Waals surface area contributed by atoms with E-state index in [0.29, 0.717) is 24.5 Å². The number of halogens is 1. The highest BCUT2D eigenvalue weighted by atomic mass is 35.5. The van der Waals surface area contributed by atoms with Crippen molar-refractivity contribution in [2.45, 2.75) is 46.3 Å². The lowest BCUT2D eigenvalue weighted by atomic mass is 9.86. The molecule has 22 heavy (non-hydrogen) atoms. The number of imidazole rings is 1. The number of hydrogen-bond acceptors (Lipinski definition) is 3. The maximum absolute atomic E-state index is 12.2. The van der Waals surface area contributed by atoms with Crippen molar-refractivity contribution in [2.75, 3.05) is 0 Å². The molecule has 0 aliphatic rings. The molecule has 1 amide bonds. The first-order chi connectivity index (χ1) is 10.3. The number of aromatic nitrogens is 4. The van der Waals surface area contributed by atoms with Gasteiger partial charge in [-0.25, -0.2) is 4.98 Å². The highest BCUT2D eigenvalue weighted by molar-refractivity contribution is 6.30. The molecule has 2 rings (SSSR count). The van der Waals surface area contributed by atoms with Crippen molar-refractivity contribution in [3.05, 3.63) is 36.1 Å². The van der Waals surface area contributed by atoms with Gasteiger partial charge in [-0.15, -0.1) is 0 Å². The van der Waals surface area contributed by atoms with Crippen LogP contribution in [0.15, 0.2) is 31.1 Å². The van der Waals surface area contributed by atoms with Crippen molar-refractivity contribution in [1.29, 1.82) is 0 Å². The summed E-state index contributed by atoms with van der Waals surface area (Å²) in [5.41, 5.74) is -0.0467.